The Balaban J connectivity index is 1.81. The minimum atomic E-state index is -1.73. The molecule has 0 bridgehead atoms. The lowest BCUT2D eigenvalue weighted by Crippen LogP contribution is -2.61. The molecule has 11 unspecified atom stereocenters. The first-order valence-electron chi connectivity index (χ1n) is 26.1. The Morgan fingerprint density at radius 1 is 0.465 bits per heavy atom. The van der Waals surface area contributed by atoms with Gasteiger partial charge in [0.25, 0.3) is 0 Å². The summed E-state index contributed by atoms with van der Waals surface area (Å²) in [7, 11) is 0. The zero-order chi connectivity index (χ0) is 51.6. The van der Waals surface area contributed by atoms with Crippen molar-refractivity contribution >= 4 is 5.97 Å². The zero-order valence-electron chi connectivity index (χ0n) is 42.6. The summed E-state index contributed by atoms with van der Waals surface area (Å²) < 4.78 is 34.2. The van der Waals surface area contributed by atoms with Gasteiger partial charge in [0, 0.05) is 13.0 Å². The number of esters is 1. The minimum Gasteiger partial charge on any atom is -0.457 e. The molecule has 11 atom stereocenters. The number of hydrogen-bond donors (Lipinski definition) is 7. The van der Waals surface area contributed by atoms with Crippen LogP contribution in [-0.2, 0) is 33.2 Å². The highest BCUT2D eigenvalue weighted by Gasteiger charge is 2.47. The van der Waals surface area contributed by atoms with E-state index in [1.165, 1.54) is 0 Å². The molecule has 2 aliphatic rings. The number of hydrogen-bond acceptors (Lipinski definition) is 14. The quantitative estimate of drug-likeness (QED) is 0.0176. The summed E-state index contributed by atoms with van der Waals surface area (Å²) >= 11 is 0. The average Bonchev–Trinajstić information content (AvgIpc) is 3.37. The van der Waals surface area contributed by atoms with Gasteiger partial charge in [0.15, 0.2) is 12.6 Å². The third-order valence-corrected chi connectivity index (χ3v) is 11.5. The average molecular weight is 999 g/mol. The second-order valence-corrected chi connectivity index (χ2v) is 17.6. The summed E-state index contributed by atoms with van der Waals surface area (Å²) in [5.74, 6) is -0.436. The first kappa shape index (κ1) is 63.5. The molecule has 0 aromatic rings. The van der Waals surface area contributed by atoms with E-state index in [2.05, 4.69) is 135 Å². The van der Waals surface area contributed by atoms with E-state index in [1.54, 1.807) is 0 Å². The van der Waals surface area contributed by atoms with E-state index in [-0.39, 0.29) is 19.6 Å². The normalized spacial score (nSPS) is 26.3. The molecule has 2 fully saturated rings. The van der Waals surface area contributed by atoms with Crippen molar-refractivity contribution in [3.63, 3.8) is 0 Å². The maximum Gasteiger partial charge on any atom is 0.306 e. The molecule has 0 spiro atoms. The smallest absolute Gasteiger partial charge is 0.306 e. The molecule has 0 amide bonds. The first-order valence-corrected chi connectivity index (χ1v) is 26.1. The molecule has 14 heteroatoms. The monoisotopic (exact) mass is 999 g/mol. The van der Waals surface area contributed by atoms with Gasteiger partial charge >= 0.3 is 5.97 Å². The van der Waals surface area contributed by atoms with Gasteiger partial charge in [-0.3, -0.25) is 4.79 Å². The largest absolute Gasteiger partial charge is 0.457 e. The van der Waals surface area contributed by atoms with E-state index in [0.29, 0.717) is 13.0 Å². The van der Waals surface area contributed by atoms with E-state index >= 15 is 0 Å². The van der Waals surface area contributed by atoms with Crippen LogP contribution in [0.15, 0.2) is 122 Å². The molecule has 0 aliphatic carbocycles. The second-order valence-electron chi connectivity index (χ2n) is 17.6. The van der Waals surface area contributed by atoms with Gasteiger partial charge in [-0.1, -0.05) is 142 Å². The Hall–Kier alpha value is -3.61. The maximum atomic E-state index is 13.0. The van der Waals surface area contributed by atoms with Gasteiger partial charge in [-0.05, 0) is 103 Å². The lowest BCUT2D eigenvalue weighted by Gasteiger charge is -2.42. The highest BCUT2D eigenvalue weighted by molar-refractivity contribution is 5.69. The summed E-state index contributed by atoms with van der Waals surface area (Å²) in [6.07, 6.45) is 42.6. The molecule has 0 aromatic carbocycles. The molecule has 2 saturated heterocycles. The lowest BCUT2D eigenvalue weighted by molar-refractivity contribution is -0.332. The highest BCUT2D eigenvalue weighted by Crippen LogP contribution is 2.26. The van der Waals surface area contributed by atoms with Crippen LogP contribution in [0.25, 0.3) is 0 Å². The van der Waals surface area contributed by atoms with Crippen LogP contribution >= 0.6 is 0 Å². The number of allylic oxidation sites excluding steroid dienone is 20. The first-order chi connectivity index (χ1) is 34.6. The Kier molecular flexibility index (Phi) is 38.3. The number of ether oxygens (including phenoxy) is 6. The van der Waals surface area contributed by atoms with Crippen LogP contribution in [0.2, 0.25) is 0 Å². The van der Waals surface area contributed by atoms with E-state index in [4.69, 9.17) is 28.4 Å². The molecular formula is C57H90O14. The molecule has 2 heterocycles. The van der Waals surface area contributed by atoms with Gasteiger partial charge in [-0.15, -0.1) is 0 Å². The van der Waals surface area contributed by atoms with Crippen molar-refractivity contribution in [2.45, 2.75) is 197 Å². The van der Waals surface area contributed by atoms with Gasteiger partial charge in [0.05, 0.1) is 26.4 Å². The van der Waals surface area contributed by atoms with Gasteiger partial charge in [-0.25, -0.2) is 0 Å². The Morgan fingerprint density at radius 3 is 1.34 bits per heavy atom. The maximum absolute atomic E-state index is 13.0. The summed E-state index contributed by atoms with van der Waals surface area (Å²) in [6.45, 7) is 3.28. The van der Waals surface area contributed by atoms with Gasteiger partial charge in [0.1, 0.15) is 54.9 Å². The van der Waals surface area contributed by atoms with Gasteiger partial charge in [0.2, 0.25) is 0 Å². The number of carbonyl (C=O) groups is 1. The predicted octanol–water partition coefficient (Wildman–Crippen LogP) is 8.18. The summed E-state index contributed by atoms with van der Waals surface area (Å²) in [5.41, 5.74) is 0. The van der Waals surface area contributed by atoms with Crippen molar-refractivity contribution in [1.29, 1.82) is 0 Å². The number of carbonyl (C=O) groups excluding carboxylic acids is 1. The molecular weight excluding hydrogens is 909 g/mol. The van der Waals surface area contributed by atoms with E-state index in [0.717, 1.165) is 103 Å². The molecule has 2 rings (SSSR count). The van der Waals surface area contributed by atoms with Crippen LogP contribution in [0.4, 0.5) is 0 Å². The summed E-state index contributed by atoms with van der Waals surface area (Å²) in [6, 6.07) is 0. The highest BCUT2D eigenvalue weighted by atomic mass is 16.7. The molecule has 0 aromatic heterocycles. The third kappa shape index (κ3) is 30.3. The fourth-order valence-electron chi connectivity index (χ4n) is 7.28. The van der Waals surface area contributed by atoms with Crippen molar-refractivity contribution in [2.24, 2.45) is 0 Å². The fraction of sp³-hybridized carbons (Fsp3) is 0.632. The van der Waals surface area contributed by atoms with E-state index in [1.807, 2.05) is 0 Å². The SMILES string of the molecule is CC/C=C\C/C=C\C/C=C\C/C=C\C/C=C\C/C=C\CCCCC(=O)OC(COCCCCC/C=C\C/C=C\C/C=C\C/C=C\CC)COC1OC(COC2OC(CO)C(O)C(O)C2O)C(O)C(O)C1O. The van der Waals surface area contributed by atoms with E-state index < -0.39 is 86.7 Å². The lowest BCUT2D eigenvalue weighted by atomic mass is 9.98. The van der Waals surface area contributed by atoms with Crippen LogP contribution < -0.4 is 0 Å². The molecule has 402 valence electrons. The molecule has 71 heavy (non-hydrogen) atoms. The van der Waals surface area contributed by atoms with Gasteiger partial charge in [-0.2, -0.15) is 0 Å². The van der Waals surface area contributed by atoms with Crippen molar-refractivity contribution in [3.05, 3.63) is 122 Å². The van der Waals surface area contributed by atoms with Crippen LogP contribution in [0.5, 0.6) is 0 Å². The number of rotatable bonds is 39. The Bertz CT molecular complexity index is 1630. The molecule has 14 nitrogen and oxygen atoms in total. The molecule has 0 saturated carbocycles. The fourth-order valence-corrected chi connectivity index (χ4v) is 7.28. The van der Waals surface area contributed by atoms with Crippen molar-refractivity contribution < 1.29 is 69.0 Å². The molecule has 7 N–H and O–H groups in total. The van der Waals surface area contributed by atoms with Crippen molar-refractivity contribution in [2.75, 3.05) is 33.0 Å². The zero-order valence-corrected chi connectivity index (χ0v) is 42.6. The number of unbranched alkanes of at least 4 members (excludes halogenated alkanes) is 5. The third-order valence-electron chi connectivity index (χ3n) is 11.5. The summed E-state index contributed by atoms with van der Waals surface area (Å²) in [4.78, 5) is 13.0. The van der Waals surface area contributed by atoms with Crippen LogP contribution in [0.3, 0.4) is 0 Å². The summed E-state index contributed by atoms with van der Waals surface area (Å²) in [5, 5.41) is 72.2. The van der Waals surface area contributed by atoms with Crippen molar-refractivity contribution in [1.82, 2.24) is 0 Å². The Labute approximate surface area is 425 Å². The molecule has 2 aliphatic heterocycles. The second kappa shape index (κ2) is 42.9. The Morgan fingerprint density at radius 2 is 0.873 bits per heavy atom. The van der Waals surface area contributed by atoms with E-state index in [9.17, 15) is 40.5 Å². The van der Waals surface area contributed by atoms with Crippen molar-refractivity contribution in [3.8, 4) is 0 Å². The van der Waals surface area contributed by atoms with Crippen LogP contribution in [0, 0.1) is 0 Å². The number of aliphatic hydroxyl groups excluding tert-OH is 7. The van der Waals surface area contributed by atoms with Crippen LogP contribution in [-0.4, -0.2) is 142 Å². The minimum absolute atomic E-state index is 0.0127. The molecule has 0 radical (unpaired) electrons. The standard InChI is InChI=1S/C57H90O14/c1-3-5-7-9-11-13-15-17-19-21-22-23-24-25-26-28-30-32-34-36-38-40-49(59)69-46(43-66-41-39-37-35-33-31-29-27-20-18-16-14-12-10-8-6-4-2)44-67-56-55(65)53(63)51(61)48(71-56)45-68-57-54(64)52(62)50(60)47(42-58)70-57/h5-8,11-14,17-20,22-23,25-26,29-32,46-48,50-58,60-65H,3-4,9-10,15-16,21,24,27-28,33-45H2,1-2H3/b7-5-,8-6-,13-11-,14-12-,19-17-,20-18-,23-22-,26-25-,31-29-,32-30-. The predicted molar refractivity (Wildman–Crippen MR) is 279 cm³/mol. The van der Waals surface area contributed by atoms with Gasteiger partial charge < -0.3 is 64.2 Å². The van der Waals surface area contributed by atoms with Crippen LogP contribution in [0.1, 0.15) is 129 Å². The number of aliphatic hydroxyl groups is 7. The topological polar surface area (TPSA) is 214 Å².